The summed E-state index contributed by atoms with van der Waals surface area (Å²) < 4.78 is 2.21. The largest absolute Gasteiger partial charge is 0.361 e. The molecule has 1 fully saturated rings. The molecular weight excluding hydrogens is 404 g/mol. The average molecular weight is 435 g/mol. The SMILES string of the molecule is CCCN1CC(n2cnnc2)C(N(C)Cc2ccsc2)CC1c1c[nH]c2ccccc12. The van der Waals surface area contributed by atoms with E-state index in [0.29, 0.717) is 18.1 Å². The van der Waals surface area contributed by atoms with Crippen LogP contribution in [-0.4, -0.2) is 55.7 Å². The molecule has 0 spiro atoms. The Morgan fingerprint density at radius 1 is 1.19 bits per heavy atom. The van der Waals surface area contributed by atoms with Crippen molar-refractivity contribution in [2.24, 2.45) is 0 Å². The van der Waals surface area contributed by atoms with Crippen LogP contribution in [0.15, 0.2) is 59.9 Å². The predicted molar refractivity (Wildman–Crippen MR) is 126 cm³/mol. The second-order valence-electron chi connectivity index (χ2n) is 8.63. The van der Waals surface area contributed by atoms with E-state index in [-0.39, 0.29) is 0 Å². The summed E-state index contributed by atoms with van der Waals surface area (Å²) in [6, 6.07) is 12.0. The number of hydrogen-bond donors (Lipinski definition) is 1. The van der Waals surface area contributed by atoms with E-state index in [1.807, 2.05) is 12.7 Å². The van der Waals surface area contributed by atoms with Gasteiger partial charge in [0.25, 0.3) is 0 Å². The van der Waals surface area contributed by atoms with Crippen LogP contribution in [0.25, 0.3) is 10.9 Å². The normalized spacial score (nSPS) is 22.5. The van der Waals surface area contributed by atoms with Gasteiger partial charge in [0.15, 0.2) is 0 Å². The van der Waals surface area contributed by atoms with Crippen LogP contribution in [0.3, 0.4) is 0 Å². The van der Waals surface area contributed by atoms with Gasteiger partial charge in [0.1, 0.15) is 12.7 Å². The molecule has 162 valence electrons. The minimum Gasteiger partial charge on any atom is -0.361 e. The smallest absolute Gasteiger partial charge is 0.119 e. The maximum Gasteiger partial charge on any atom is 0.119 e. The molecule has 1 aliphatic heterocycles. The second kappa shape index (κ2) is 8.94. The number of H-pyrrole nitrogens is 1. The summed E-state index contributed by atoms with van der Waals surface area (Å²) in [5, 5.41) is 14.0. The molecule has 4 heterocycles. The fraction of sp³-hybridized carbons (Fsp3) is 0.417. The number of rotatable bonds is 7. The van der Waals surface area contributed by atoms with Crippen molar-refractivity contribution in [3.63, 3.8) is 0 Å². The summed E-state index contributed by atoms with van der Waals surface area (Å²) in [5.41, 5.74) is 4.02. The van der Waals surface area contributed by atoms with Crippen molar-refractivity contribution in [2.75, 3.05) is 20.1 Å². The van der Waals surface area contributed by atoms with Gasteiger partial charge < -0.3 is 9.55 Å². The third-order valence-corrected chi connectivity index (χ3v) is 7.39. The Balaban J connectivity index is 1.50. The summed E-state index contributed by atoms with van der Waals surface area (Å²) in [4.78, 5) is 8.69. The first kappa shape index (κ1) is 20.4. The lowest BCUT2D eigenvalue weighted by atomic mass is 9.87. The van der Waals surface area contributed by atoms with Crippen LogP contribution in [-0.2, 0) is 6.54 Å². The van der Waals surface area contributed by atoms with E-state index in [0.717, 1.165) is 32.5 Å². The fourth-order valence-electron chi connectivity index (χ4n) is 5.19. The number of piperidine rings is 1. The number of fused-ring (bicyclic) bond motifs is 1. The van der Waals surface area contributed by atoms with Crippen molar-refractivity contribution in [1.29, 1.82) is 0 Å². The molecule has 0 saturated carbocycles. The van der Waals surface area contributed by atoms with Crippen LogP contribution in [0, 0.1) is 0 Å². The van der Waals surface area contributed by atoms with Gasteiger partial charge in [-0.25, -0.2) is 0 Å². The highest BCUT2D eigenvalue weighted by Crippen LogP contribution is 2.40. The van der Waals surface area contributed by atoms with Gasteiger partial charge in [-0.15, -0.1) is 10.2 Å². The van der Waals surface area contributed by atoms with Crippen LogP contribution in [0.2, 0.25) is 0 Å². The van der Waals surface area contributed by atoms with Crippen molar-refractivity contribution in [1.82, 2.24) is 29.5 Å². The van der Waals surface area contributed by atoms with Crippen molar-refractivity contribution in [3.8, 4) is 0 Å². The summed E-state index contributed by atoms with van der Waals surface area (Å²) >= 11 is 1.77. The Morgan fingerprint density at radius 3 is 2.81 bits per heavy atom. The number of hydrogen-bond acceptors (Lipinski definition) is 5. The summed E-state index contributed by atoms with van der Waals surface area (Å²) in [6.07, 6.45) is 8.21. The zero-order valence-electron chi connectivity index (χ0n) is 18.2. The predicted octanol–water partition coefficient (Wildman–Crippen LogP) is 4.72. The second-order valence-corrected chi connectivity index (χ2v) is 9.41. The lowest BCUT2D eigenvalue weighted by Gasteiger charge is -2.47. The molecule has 1 aromatic carbocycles. The monoisotopic (exact) mass is 434 g/mol. The molecule has 4 aromatic rings. The number of nitrogens with zero attached hydrogens (tertiary/aromatic N) is 5. The van der Waals surface area contributed by atoms with Crippen LogP contribution >= 0.6 is 11.3 Å². The van der Waals surface area contributed by atoms with Crippen molar-refractivity contribution >= 4 is 22.2 Å². The van der Waals surface area contributed by atoms with Gasteiger partial charge >= 0.3 is 0 Å². The van der Waals surface area contributed by atoms with Gasteiger partial charge in [-0.1, -0.05) is 25.1 Å². The van der Waals surface area contributed by atoms with Crippen LogP contribution in [0.5, 0.6) is 0 Å². The highest BCUT2D eigenvalue weighted by molar-refractivity contribution is 7.07. The first-order chi connectivity index (χ1) is 15.2. The Hall–Kier alpha value is -2.48. The highest BCUT2D eigenvalue weighted by atomic mass is 32.1. The van der Waals surface area contributed by atoms with Crippen molar-refractivity contribution in [3.05, 3.63) is 71.1 Å². The number of para-hydroxylation sites is 1. The molecule has 1 aliphatic rings. The molecule has 7 heteroatoms. The molecular formula is C24H30N6S. The summed E-state index contributed by atoms with van der Waals surface area (Å²) in [6.45, 7) is 5.31. The zero-order valence-corrected chi connectivity index (χ0v) is 19.0. The zero-order chi connectivity index (χ0) is 21.2. The van der Waals surface area contributed by atoms with E-state index in [9.17, 15) is 0 Å². The van der Waals surface area contributed by atoms with Crippen LogP contribution in [0.1, 0.15) is 43.0 Å². The van der Waals surface area contributed by atoms with E-state index in [1.54, 1.807) is 11.3 Å². The number of likely N-dealkylation sites (tertiary alicyclic amines) is 1. The average Bonchev–Trinajstić information content (AvgIpc) is 3.55. The Morgan fingerprint density at radius 2 is 2.03 bits per heavy atom. The number of benzene rings is 1. The maximum absolute atomic E-state index is 4.12. The van der Waals surface area contributed by atoms with Gasteiger partial charge in [-0.2, -0.15) is 11.3 Å². The highest BCUT2D eigenvalue weighted by Gasteiger charge is 2.39. The molecule has 6 nitrogen and oxygen atoms in total. The summed E-state index contributed by atoms with van der Waals surface area (Å²) in [7, 11) is 2.27. The molecule has 3 atom stereocenters. The van der Waals surface area contributed by atoms with Crippen LogP contribution < -0.4 is 0 Å². The topological polar surface area (TPSA) is 53.0 Å². The number of thiophene rings is 1. The number of aromatic nitrogens is 4. The first-order valence-electron chi connectivity index (χ1n) is 11.1. The standard InChI is InChI=1S/C24H30N6S/c1-3-9-29-14-24(30-16-26-27-17-30)23(28(2)13-18-8-10-31-15-18)11-22(29)20-12-25-21-7-5-4-6-19(20)21/h4-8,10,12,15-17,22-25H,3,9,11,13-14H2,1-2H3. The molecule has 1 saturated heterocycles. The molecule has 1 N–H and O–H groups in total. The first-order valence-corrected chi connectivity index (χ1v) is 12.0. The lowest BCUT2D eigenvalue weighted by Crippen LogP contribution is -2.51. The minimum absolute atomic E-state index is 0.326. The van der Waals surface area contributed by atoms with E-state index in [2.05, 4.69) is 90.8 Å². The quantitative estimate of drug-likeness (QED) is 0.457. The van der Waals surface area contributed by atoms with Gasteiger partial charge in [0, 0.05) is 42.3 Å². The molecule has 0 radical (unpaired) electrons. The Bertz CT molecular complexity index is 1090. The molecule has 3 unspecified atom stereocenters. The third kappa shape index (κ3) is 4.05. The third-order valence-electron chi connectivity index (χ3n) is 6.66. The van der Waals surface area contributed by atoms with Crippen LogP contribution in [0.4, 0.5) is 0 Å². The van der Waals surface area contributed by atoms with E-state index >= 15 is 0 Å². The molecule has 0 bridgehead atoms. The lowest BCUT2D eigenvalue weighted by molar-refractivity contribution is 0.0315. The molecule has 0 amide bonds. The number of nitrogens with one attached hydrogen (secondary N) is 1. The van der Waals surface area contributed by atoms with E-state index < -0.39 is 0 Å². The molecule has 0 aliphatic carbocycles. The Kier molecular flexibility index (Phi) is 5.89. The van der Waals surface area contributed by atoms with Crippen molar-refractivity contribution < 1.29 is 0 Å². The molecule has 31 heavy (non-hydrogen) atoms. The number of aromatic amines is 1. The minimum atomic E-state index is 0.326. The van der Waals surface area contributed by atoms with Crippen molar-refractivity contribution in [2.45, 2.75) is 44.4 Å². The van der Waals surface area contributed by atoms with Gasteiger partial charge in [0.2, 0.25) is 0 Å². The van der Waals surface area contributed by atoms with Gasteiger partial charge in [0.05, 0.1) is 6.04 Å². The van der Waals surface area contributed by atoms with E-state index in [1.165, 1.54) is 22.0 Å². The fourth-order valence-corrected chi connectivity index (χ4v) is 5.85. The Labute approximate surface area is 187 Å². The van der Waals surface area contributed by atoms with E-state index in [4.69, 9.17) is 0 Å². The molecule has 5 rings (SSSR count). The number of likely N-dealkylation sites (N-methyl/N-ethyl adjacent to an activating group) is 1. The maximum atomic E-state index is 4.12. The van der Waals surface area contributed by atoms with Gasteiger partial charge in [-0.3, -0.25) is 9.80 Å². The summed E-state index contributed by atoms with van der Waals surface area (Å²) in [5.74, 6) is 0. The molecule has 3 aromatic heterocycles. The van der Waals surface area contributed by atoms with Gasteiger partial charge in [-0.05, 0) is 60.5 Å².